The lowest BCUT2D eigenvalue weighted by atomic mass is 9.94. The summed E-state index contributed by atoms with van der Waals surface area (Å²) in [6.45, 7) is 0. The van der Waals surface area contributed by atoms with E-state index in [1.54, 1.807) is 0 Å². The summed E-state index contributed by atoms with van der Waals surface area (Å²) >= 11 is 0. The molecule has 2 rings (SSSR count). The second-order valence-electron chi connectivity index (χ2n) is 5.77. The Morgan fingerprint density at radius 2 is 1.90 bits per heavy atom. The van der Waals surface area contributed by atoms with Gasteiger partial charge in [-0.15, -0.1) is 0 Å². The number of rotatable bonds is 7. The summed E-state index contributed by atoms with van der Waals surface area (Å²) in [6, 6.07) is 10.3. The summed E-state index contributed by atoms with van der Waals surface area (Å²) in [5.41, 5.74) is 1.29. The summed E-state index contributed by atoms with van der Waals surface area (Å²) < 4.78 is 0. The first kappa shape index (κ1) is 15.0. The van der Waals surface area contributed by atoms with E-state index in [0.29, 0.717) is 12.5 Å². The van der Waals surface area contributed by atoms with Gasteiger partial charge in [0.1, 0.15) is 6.04 Å². The van der Waals surface area contributed by atoms with Crippen LogP contribution in [0.1, 0.15) is 50.5 Å². The fraction of sp³-hybridized carbons (Fsp3) is 0.588. The van der Waals surface area contributed by atoms with Crippen LogP contribution in [0.5, 0.6) is 0 Å². The second-order valence-corrected chi connectivity index (χ2v) is 5.77. The summed E-state index contributed by atoms with van der Waals surface area (Å²) in [5.74, 6) is -0.705. The van der Waals surface area contributed by atoms with Crippen molar-refractivity contribution in [2.45, 2.75) is 63.5 Å². The first-order chi connectivity index (χ1) is 9.75. The highest BCUT2D eigenvalue weighted by molar-refractivity contribution is 5.73. The Morgan fingerprint density at radius 1 is 1.20 bits per heavy atom. The molecule has 1 aliphatic rings. The Kier molecular flexibility index (Phi) is 6.06. The molecule has 3 nitrogen and oxygen atoms in total. The molecule has 0 aliphatic heterocycles. The average molecular weight is 275 g/mol. The molecule has 1 atom stereocenters. The van der Waals surface area contributed by atoms with E-state index in [1.807, 2.05) is 18.2 Å². The van der Waals surface area contributed by atoms with E-state index in [1.165, 1.54) is 24.8 Å². The third-order valence-corrected chi connectivity index (χ3v) is 4.14. The molecule has 0 radical (unpaired) electrons. The molecule has 2 N–H and O–H groups in total. The summed E-state index contributed by atoms with van der Waals surface area (Å²) in [6.07, 6.45) is 8.59. The number of carbonyl (C=O) groups is 1. The van der Waals surface area contributed by atoms with Crippen molar-refractivity contribution in [3.63, 3.8) is 0 Å². The van der Waals surface area contributed by atoms with Gasteiger partial charge in [-0.2, -0.15) is 0 Å². The second kappa shape index (κ2) is 8.05. The van der Waals surface area contributed by atoms with E-state index < -0.39 is 5.97 Å². The first-order valence-electron chi connectivity index (χ1n) is 7.78. The fourth-order valence-electron chi connectivity index (χ4n) is 2.99. The van der Waals surface area contributed by atoms with E-state index in [2.05, 4.69) is 17.4 Å². The Labute approximate surface area is 121 Å². The lowest BCUT2D eigenvalue weighted by Gasteiger charge is -2.26. The molecule has 1 saturated carbocycles. The molecule has 1 fully saturated rings. The molecule has 0 spiro atoms. The predicted molar refractivity (Wildman–Crippen MR) is 80.8 cm³/mol. The van der Waals surface area contributed by atoms with Crippen LogP contribution in [-0.2, 0) is 11.2 Å². The molecule has 1 aromatic rings. The smallest absolute Gasteiger partial charge is 0.320 e. The monoisotopic (exact) mass is 275 g/mol. The van der Waals surface area contributed by atoms with E-state index in [9.17, 15) is 9.90 Å². The van der Waals surface area contributed by atoms with Gasteiger partial charge in [0.2, 0.25) is 0 Å². The number of nitrogens with one attached hydrogen (secondary N) is 1. The van der Waals surface area contributed by atoms with Gasteiger partial charge in [-0.3, -0.25) is 4.79 Å². The highest BCUT2D eigenvalue weighted by atomic mass is 16.4. The Hall–Kier alpha value is -1.35. The maximum atomic E-state index is 11.4. The Bertz CT molecular complexity index is 399. The maximum absolute atomic E-state index is 11.4. The topological polar surface area (TPSA) is 49.3 Å². The van der Waals surface area contributed by atoms with Gasteiger partial charge in [0.15, 0.2) is 0 Å². The van der Waals surface area contributed by atoms with Crippen molar-refractivity contribution in [2.75, 3.05) is 0 Å². The van der Waals surface area contributed by atoms with Crippen LogP contribution in [0.4, 0.5) is 0 Å². The lowest BCUT2D eigenvalue weighted by molar-refractivity contribution is -0.140. The Morgan fingerprint density at radius 3 is 2.55 bits per heavy atom. The van der Waals surface area contributed by atoms with Crippen LogP contribution in [-0.4, -0.2) is 23.2 Å². The SMILES string of the molecule is O=C(O)C(CCCc1ccccc1)NC1CCCCC1. The number of carboxylic acid groups (broad SMARTS) is 1. The molecule has 0 saturated heterocycles. The highest BCUT2D eigenvalue weighted by Gasteiger charge is 2.22. The third kappa shape index (κ3) is 4.97. The van der Waals surface area contributed by atoms with E-state index in [4.69, 9.17) is 0 Å². The number of aryl methyl sites for hydroxylation is 1. The van der Waals surface area contributed by atoms with Gasteiger partial charge in [0.05, 0.1) is 0 Å². The molecule has 0 aromatic heterocycles. The molecular formula is C17H25NO2. The molecule has 0 bridgehead atoms. The summed E-state index contributed by atoms with van der Waals surface area (Å²) in [4.78, 5) is 11.4. The zero-order chi connectivity index (χ0) is 14.2. The molecule has 0 heterocycles. The van der Waals surface area contributed by atoms with Crippen LogP contribution in [0.15, 0.2) is 30.3 Å². The minimum Gasteiger partial charge on any atom is -0.480 e. The molecule has 1 aliphatic carbocycles. The largest absolute Gasteiger partial charge is 0.480 e. The number of aliphatic carboxylic acids is 1. The van der Waals surface area contributed by atoms with Gasteiger partial charge in [0, 0.05) is 6.04 Å². The van der Waals surface area contributed by atoms with Crippen molar-refractivity contribution in [1.82, 2.24) is 5.32 Å². The van der Waals surface area contributed by atoms with Gasteiger partial charge in [0.25, 0.3) is 0 Å². The number of hydrogen-bond donors (Lipinski definition) is 2. The van der Waals surface area contributed by atoms with Gasteiger partial charge >= 0.3 is 5.97 Å². The molecule has 20 heavy (non-hydrogen) atoms. The number of carboxylic acids is 1. The zero-order valence-electron chi connectivity index (χ0n) is 12.1. The fourth-order valence-corrected chi connectivity index (χ4v) is 2.99. The minimum atomic E-state index is -0.705. The van der Waals surface area contributed by atoms with Crippen LogP contribution < -0.4 is 5.32 Å². The molecule has 110 valence electrons. The van der Waals surface area contributed by atoms with Gasteiger partial charge in [-0.25, -0.2) is 0 Å². The standard InChI is InChI=1S/C17H25NO2/c19-17(20)16(18-15-11-5-2-6-12-15)13-7-10-14-8-3-1-4-9-14/h1,3-4,8-9,15-16,18H,2,5-7,10-13H2,(H,19,20). The maximum Gasteiger partial charge on any atom is 0.320 e. The van der Waals surface area contributed by atoms with Crippen molar-refractivity contribution in [3.05, 3.63) is 35.9 Å². The van der Waals surface area contributed by atoms with Gasteiger partial charge in [-0.1, -0.05) is 49.6 Å². The van der Waals surface area contributed by atoms with Crippen LogP contribution in [0.2, 0.25) is 0 Å². The van der Waals surface area contributed by atoms with Crippen LogP contribution >= 0.6 is 0 Å². The molecule has 3 heteroatoms. The predicted octanol–water partition coefficient (Wildman–Crippen LogP) is 3.38. The first-order valence-corrected chi connectivity index (χ1v) is 7.78. The molecule has 1 aromatic carbocycles. The van der Waals surface area contributed by atoms with E-state index in [-0.39, 0.29) is 6.04 Å². The lowest BCUT2D eigenvalue weighted by Crippen LogP contribution is -2.44. The normalized spacial score (nSPS) is 17.8. The van der Waals surface area contributed by atoms with Crippen LogP contribution in [0, 0.1) is 0 Å². The summed E-state index contributed by atoms with van der Waals surface area (Å²) in [7, 11) is 0. The quantitative estimate of drug-likeness (QED) is 0.802. The van der Waals surface area contributed by atoms with E-state index >= 15 is 0 Å². The molecule has 1 unspecified atom stereocenters. The van der Waals surface area contributed by atoms with Gasteiger partial charge in [-0.05, 0) is 37.7 Å². The van der Waals surface area contributed by atoms with Crippen molar-refractivity contribution < 1.29 is 9.90 Å². The molecular weight excluding hydrogens is 250 g/mol. The van der Waals surface area contributed by atoms with Gasteiger partial charge < -0.3 is 10.4 Å². The van der Waals surface area contributed by atoms with Crippen molar-refractivity contribution in [2.24, 2.45) is 0 Å². The number of benzene rings is 1. The average Bonchev–Trinajstić information content (AvgIpc) is 2.48. The van der Waals surface area contributed by atoms with E-state index in [0.717, 1.165) is 25.7 Å². The number of hydrogen-bond acceptors (Lipinski definition) is 2. The van der Waals surface area contributed by atoms with Crippen molar-refractivity contribution >= 4 is 5.97 Å². The highest BCUT2D eigenvalue weighted by Crippen LogP contribution is 2.18. The molecule has 0 amide bonds. The van der Waals surface area contributed by atoms with Crippen molar-refractivity contribution in [3.8, 4) is 0 Å². The van der Waals surface area contributed by atoms with Crippen LogP contribution in [0.25, 0.3) is 0 Å². The van der Waals surface area contributed by atoms with Crippen LogP contribution in [0.3, 0.4) is 0 Å². The third-order valence-electron chi connectivity index (χ3n) is 4.14. The zero-order valence-corrected chi connectivity index (χ0v) is 12.1. The minimum absolute atomic E-state index is 0.387. The summed E-state index contributed by atoms with van der Waals surface area (Å²) in [5, 5.41) is 12.7. The van der Waals surface area contributed by atoms with Crippen molar-refractivity contribution in [1.29, 1.82) is 0 Å². The Balaban J connectivity index is 1.75.